The van der Waals surface area contributed by atoms with Crippen molar-refractivity contribution >= 4 is 11.6 Å². The van der Waals surface area contributed by atoms with Crippen molar-refractivity contribution in [2.24, 2.45) is 5.92 Å². The Labute approximate surface area is 124 Å². The standard InChI is InChI=1S/C15H22N4O2/c1-5-10(2)6-15(20)17-13-7-16-19(8-13)9-14-11(3)18-21-12(14)4/h7-8,10H,5-6,9H2,1-4H3,(H,17,20). The van der Waals surface area contributed by atoms with Crippen molar-refractivity contribution in [2.75, 3.05) is 5.32 Å². The first-order valence-electron chi connectivity index (χ1n) is 7.23. The van der Waals surface area contributed by atoms with Crippen LogP contribution in [0.15, 0.2) is 16.9 Å². The lowest BCUT2D eigenvalue weighted by Crippen LogP contribution is -2.14. The Hall–Kier alpha value is -2.11. The predicted octanol–water partition coefficient (Wildman–Crippen LogP) is 2.91. The fourth-order valence-electron chi connectivity index (χ4n) is 2.08. The quantitative estimate of drug-likeness (QED) is 0.887. The Balaban J connectivity index is 1.97. The first kappa shape index (κ1) is 15.3. The zero-order valence-electron chi connectivity index (χ0n) is 13.0. The molecule has 21 heavy (non-hydrogen) atoms. The van der Waals surface area contributed by atoms with Crippen LogP contribution in [0.2, 0.25) is 0 Å². The normalized spacial score (nSPS) is 12.4. The number of aryl methyl sites for hydroxylation is 2. The number of carbonyl (C=O) groups is 1. The topological polar surface area (TPSA) is 73.0 Å². The summed E-state index contributed by atoms with van der Waals surface area (Å²) in [7, 11) is 0. The predicted molar refractivity (Wildman–Crippen MR) is 80.0 cm³/mol. The molecule has 6 nitrogen and oxygen atoms in total. The summed E-state index contributed by atoms with van der Waals surface area (Å²) in [5, 5.41) is 11.1. The third-order valence-electron chi connectivity index (χ3n) is 3.65. The van der Waals surface area contributed by atoms with E-state index in [0.29, 0.717) is 18.9 Å². The molecule has 114 valence electrons. The van der Waals surface area contributed by atoms with E-state index in [4.69, 9.17) is 4.52 Å². The molecule has 2 heterocycles. The third-order valence-corrected chi connectivity index (χ3v) is 3.65. The first-order valence-corrected chi connectivity index (χ1v) is 7.23. The van der Waals surface area contributed by atoms with E-state index >= 15 is 0 Å². The largest absolute Gasteiger partial charge is 0.361 e. The highest BCUT2D eigenvalue weighted by Crippen LogP contribution is 2.15. The molecule has 0 aromatic carbocycles. The fraction of sp³-hybridized carbons (Fsp3) is 0.533. The molecule has 0 aliphatic rings. The average molecular weight is 290 g/mol. The van der Waals surface area contributed by atoms with Crippen LogP contribution in [0.1, 0.15) is 43.7 Å². The van der Waals surface area contributed by atoms with Gasteiger partial charge in [-0.2, -0.15) is 5.10 Å². The molecule has 6 heteroatoms. The molecule has 0 aliphatic carbocycles. The highest BCUT2D eigenvalue weighted by Gasteiger charge is 2.12. The summed E-state index contributed by atoms with van der Waals surface area (Å²) in [6.45, 7) is 8.53. The molecular formula is C15H22N4O2. The Morgan fingerprint density at radius 1 is 1.48 bits per heavy atom. The summed E-state index contributed by atoms with van der Waals surface area (Å²) < 4.78 is 6.90. The van der Waals surface area contributed by atoms with Crippen LogP contribution in [0.4, 0.5) is 5.69 Å². The molecule has 1 N–H and O–H groups in total. The van der Waals surface area contributed by atoms with Crippen molar-refractivity contribution in [1.29, 1.82) is 0 Å². The van der Waals surface area contributed by atoms with Gasteiger partial charge in [0.2, 0.25) is 5.91 Å². The molecule has 0 fully saturated rings. The van der Waals surface area contributed by atoms with Crippen LogP contribution in [0, 0.1) is 19.8 Å². The van der Waals surface area contributed by atoms with Crippen molar-refractivity contribution in [3.8, 4) is 0 Å². The van der Waals surface area contributed by atoms with E-state index in [1.807, 2.05) is 20.0 Å². The summed E-state index contributed by atoms with van der Waals surface area (Å²) in [5.74, 6) is 1.22. The zero-order valence-corrected chi connectivity index (χ0v) is 13.0. The second-order valence-corrected chi connectivity index (χ2v) is 5.50. The number of anilines is 1. The summed E-state index contributed by atoms with van der Waals surface area (Å²) in [4.78, 5) is 11.8. The van der Waals surface area contributed by atoms with Crippen LogP contribution in [-0.4, -0.2) is 20.8 Å². The maximum atomic E-state index is 11.8. The monoisotopic (exact) mass is 290 g/mol. The fourth-order valence-corrected chi connectivity index (χ4v) is 2.08. The van der Waals surface area contributed by atoms with Gasteiger partial charge in [0.05, 0.1) is 24.1 Å². The van der Waals surface area contributed by atoms with Gasteiger partial charge in [-0.1, -0.05) is 25.4 Å². The third kappa shape index (κ3) is 3.93. The molecular weight excluding hydrogens is 268 g/mol. The number of carbonyl (C=O) groups excluding carboxylic acids is 1. The summed E-state index contributed by atoms with van der Waals surface area (Å²) in [6, 6.07) is 0. The summed E-state index contributed by atoms with van der Waals surface area (Å²) in [5.41, 5.74) is 2.61. The smallest absolute Gasteiger partial charge is 0.224 e. The van der Waals surface area contributed by atoms with Gasteiger partial charge in [0.15, 0.2) is 0 Å². The molecule has 1 unspecified atom stereocenters. The minimum atomic E-state index is 0.0289. The van der Waals surface area contributed by atoms with Crippen molar-refractivity contribution in [3.63, 3.8) is 0 Å². The van der Waals surface area contributed by atoms with E-state index in [1.54, 1.807) is 10.9 Å². The number of hydrogen-bond acceptors (Lipinski definition) is 4. The van der Waals surface area contributed by atoms with Gasteiger partial charge >= 0.3 is 0 Å². The second kappa shape index (κ2) is 6.56. The van der Waals surface area contributed by atoms with Gasteiger partial charge < -0.3 is 9.84 Å². The Bertz CT molecular complexity index is 595. The molecule has 0 saturated carbocycles. The maximum absolute atomic E-state index is 11.8. The Morgan fingerprint density at radius 2 is 2.24 bits per heavy atom. The van der Waals surface area contributed by atoms with E-state index in [9.17, 15) is 4.79 Å². The zero-order chi connectivity index (χ0) is 15.4. The van der Waals surface area contributed by atoms with Crippen molar-refractivity contribution < 1.29 is 9.32 Å². The Morgan fingerprint density at radius 3 is 2.86 bits per heavy atom. The lowest BCUT2D eigenvalue weighted by Gasteiger charge is -2.07. The molecule has 0 spiro atoms. The maximum Gasteiger partial charge on any atom is 0.224 e. The van der Waals surface area contributed by atoms with E-state index in [0.717, 1.165) is 29.1 Å². The van der Waals surface area contributed by atoms with Crippen molar-refractivity contribution in [1.82, 2.24) is 14.9 Å². The van der Waals surface area contributed by atoms with Gasteiger partial charge in [0, 0.05) is 18.2 Å². The minimum absolute atomic E-state index is 0.0289. The van der Waals surface area contributed by atoms with E-state index < -0.39 is 0 Å². The molecule has 0 bridgehead atoms. The SMILES string of the molecule is CCC(C)CC(=O)Nc1cnn(Cc2c(C)noc2C)c1. The molecule has 2 aromatic heterocycles. The van der Waals surface area contributed by atoms with Gasteiger partial charge in [-0.25, -0.2) is 0 Å². The van der Waals surface area contributed by atoms with Gasteiger partial charge in [0.1, 0.15) is 5.76 Å². The van der Waals surface area contributed by atoms with E-state index in [1.165, 1.54) is 0 Å². The van der Waals surface area contributed by atoms with Gasteiger partial charge in [-0.05, 0) is 19.8 Å². The van der Waals surface area contributed by atoms with Gasteiger partial charge in [0.25, 0.3) is 0 Å². The molecule has 0 aliphatic heterocycles. The number of hydrogen-bond donors (Lipinski definition) is 1. The number of nitrogens with one attached hydrogen (secondary N) is 1. The molecule has 0 saturated heterocycles. The van der Waals surface area contributed by atoms with Crippen molar-refractivity contribution in [2.45, 2.75) is 47.1 Å². The second-order valence-electron chi connectivity index (χ2n) is 5.50. The number of nitrogens with zero attached hydrogens (tertiary/aromatic N) is 3. The lowest BCUT2D eigenvalue weighted by atomic mass is 10.1. The van der Waals surface area contributed by atoms with Crippen LogP contribution < -0.4 is 5.32 Å². The number of rotatable bonds is 6. The van der Waals surface area contributed by atoms with Crippen LogP contribution in [0.5, 0.6) is 0 Å². The van der Waals surface area contributed by atoms with E-state index in [2.05, 4.69) is 29.4 Å². The highest BCUT2D eigenvalue weighted by molar-refractivity contribution is 5.90. The molecule has 1 atom stereocenters. The average Bonchev–Trinajstić information content (AvgIpc) is 3.00. The highest BCUT2D eigenvalue weighted by atomic mass is 16.5. The molecule has 0 radical (unpaired) electrons. The van der Waals surface area contributed by atoms with Gasteiger partial charge in [-0.15, -0.1) is 0 Å². The van der Waals surface area contributed by atoms with Gasteiger partial charge in [-0.3, -0.25) is 9.48 Å². The van der Waals surface area contributed by atoms with Crippen LogP contribution >= 0.6 is 0 Å². The van der Waals surface area contributed by atoms with E-state index in [-0.39, 0.29) is 5.91 Å². The van der Waals surface area contributed by atoms with Crippen LogP contribution in [-0.2, 0) is 11.3 Å². The molecule has 2 rings (SSSR count). The summed E-state index contributed by atoms with van der Waals surface area (Å²) in [6.07, 6.45) is 5.01. The van der Waals surface area contributed by atoms with Crippen LogP contribution in [0.25, 0.3) is 0 Å². The Kier molecular flexibility index (Phi) is 4.77. The minimum Gasteiger partial charge on any atom is -0.361 e. The number of amides is 1. The first-order chi connectivity index (χ1) is 9.99. The lowest BCUT2D eigenvalue weighted by molar-refractivity contribution is -0.117. The molecule has 2 aromatic rings. The van der Waals surface area contributed by atoms with Crippen molar-refractivity contribution in [3.05, 3.63) is 29.4 Å². The van der Waals surface area contributed by atoms with Crippen LogP contribution in [0.3, 0.4) is 0 Å². The molecule has 1 amide bonds. The summed E-state index contributed by atoms with van der Waals surface area (Å²) >= 11 is 0. The number of aromatic nitrogens is 3.